The van der Waals surface area contributed by atoms with Gasteiger partial charge in [0.05, 0.1) is 25.3 Å². The van der Waals surface area contributed by atoms with E-state index in [2.05, 4.69) is 22.7 Å². The first-order chi connectivity index (χ1) is 14.3. The first-order valence-electron chi connectivity index (χ1n) is 10.2. The van der Waals surface area contributed by atoms with Crippen LogP contribution in [0, 0.1) is 0 Å². The first kappa shape index (κ1) is 24.9. The topological polar surface area (TPSA) is 72.7 Å². The van der Waals surface area contributed by atoms with Crippen LogP contribution in [0.3, 0.4) is 0 Å². The van der Waals surface area contributed by atoms with Gasteiger partial charge >= 0.3 is 0 Å². The van der Waals surface area contributed by atoms with Crippen molar-refractivity contribution >= 4 is 41.5 Å². The molecule has 1 aliphatic heterocycles. The molecule has 1 aromatic heterocycles. The van der Waals surface area contributed by atoms with Gasteiger partial charge in [-0.25, -0.2) is 0 Å². The van der Waals surface area contributed by atoms with E-state index in [1.54, 1.807) is 6.20 Å². The number of nitrogens with one attached hydrogen (secondary N) is 2. The maximum Gasteiger partial charge on any atom is 0.191 e. The largest absolute Gasteiger partial charge is 0.379 e. The fraction of sp³-hybridized carbons (Fsp3) is 0.524. The lowest BCUT2D eigenvalue weighted by molar-refractivity contribution is 0.0420. The summed E-state index contributed by atoms with van der Waals surface area (Å²) >= 11 is 6.05. The predicted molar refractivity (Wildman–Crippen MR) is 131 cm³/mol. The number of benzene rings is 1. The molecule has 1 fully saturated rings. The Labute approximate surface area is 200 Å². The summed E-state index contributed by atoms with van der Waals surface area (Å²) in [6, 6.07) is 9.77. The molecule has 1 aliphatic rings. The third-order valence-corrected chi connectivity index (χ3v) is 4.97. The number of hydrogen-bond acceptors (Lipinski definition) is 4. The summed E-state index contributed by atoms with van der Waals surface area (Å²) in [5.74, 6) is 0.794. The highest BCUT2D eigenvalue weighted by Gasteiger charge is 2.16. The number of ether oxygens (including phenoxy) is 2. The van der Waals surface area contributed by atoms with E-state index in [1.807, 2.05) is 41.2 Å². The Kier molecular flexibility index (Phi) is 11.5. The van der Waals surface area contributed by atoms with Crippen molar-refractivity contribution in [2.75, 3.05) is 39.5 Å². The normalized spacial score (nSPS) is 17.4. The van der Waals surface area contributed by atoms with Crippen LogP contribution in [0.4, 0.5) is 0 Å². The summed E-state index contributed by atoms with van der Waals surface area (Å²) < 4.78 is 13.1. The minimum absolute atomic E-state index is 0. The summed E-state index contributed by atoms with van der Waals surface area (Å²) in [6.07, 6.45) is 5.91. The van der Waals surface area contributed by atoms with Gasteiger partial charge in [-0.2, -0.15) is 5.10 Å². The highest BCUT2D eigenvalue weighted by Crippen LogP contribution is 2.20. The molecule has 166 valence electrons. The van der Waals surface area contributed by atoms with E-state index in [0.29, 0.717) is 6.54 Å². The fourth-order valence-electron chi connectivity index (χ4n) is 3.18. The Balaban J connectivity index is 0.00000320. The minimum Gasteiger partial charge on any atom is -0.379 e. The van der Waals surface area contributed by atoms with Crippen LogP contribution in [0.5, 0.6) is 0 Å². The van der Waals surface area contributed by atoms with E-state index in [0.717, 1.165) is 62.3 Å². The van der Waals surface area contributed by atoms with E-state index < -0.39 is 0 Å². The van der Waals surface area contributed by atoms with Crippen LogP contribution < -0.4 is 10.6 Å². The number of guanidine groups is 1. The number of hydrogen-bond donors (Lipinski definition) is 2. The molecule has 9 heteroatoms. The van der Waals surface area contributed by atoms with Gasteiger partial charge in [0.1, 0.15) is 0 Å². The quantitative estimate of drug-likeness (QED) is 0.206. The van der Waals surface area contributed by atoms with Crippen LogP contribution in [-0.2, 0) is 9.47 Å². The summed E-state index contributed by atoms with van der Waals surface area (Å²) in [5, 5.41) is 11.8. The summed E-state index contributed by atoms with van der Waals surface area (Å²) in [7, 11) is 0. The average molecular weight is 548 g/mol. The lowest BCUT2D eigenvalue weighted by Crippen LogP contribution is -2.38. The number of halogens is 2. The molecule has 0 saturated carbocycles. The van der Waals surface area contributed by atoms with Gasteiger partial charge in [-0.3, -0.25) is 9.67 Å². The molecule has 1 aromatic carbocycles. The fourth-order valence-corrected chi connectivity index (χ4v) is 3.31. The molecule has 2 N–H and O–H groups in total. The molecule has 30 heavy (non-hydrogen) atoms. The Morgan fingerprint density at radius 2 is 2.20 bits per heavy atom. The van der Waals surface area contributed by atoms with Crippen molar-refractivity contribution in [2.45, 2.75) is 31.9 Å². The highest BCUT2D eigenvalue weighted by atomic mass is 127. The number of aliphatic imine (C=N–C) groups is 1. The molecular weight excluding hydrogens is 517 g/mol. The molecule has 2 unspecified atom stereocenters. The Morgan fingerprint density at radius 3 is 2.87 bits per heavy atom. The van der Waals surface area contributed by atoms with Crippen molar-refractivity contribution in [3.05, 3.63) is 53.3 Å². The lowest BCUT2D eigenvalue weighted by atomic mass is 10.1. The molecular formula is C21H31ClIN5O2. The number of aromatic nitrogens is 2. The molecule has 2 heterocycles. The number of nitrogens with zero attached hydrogens (tertiary/aromatic N) is 3. The van der Waals surface area contributed by atoms with Crippen LogP contribution in [0.2, 0.25) is 5.02 Å². The molecule has 0 amide bonds. The van der Waals surface area contributed by atoms with Gasteiger partial charge in [0.25, 0.3) is 0 Å². The van der Waals surface area contributed by atoms with Crippen LogP contribution in [0.1, 0.15) is 31.4 Å². The van der Waals surface area contributed by atoms with Crippen molar-refractivity contribution in [1.29, 1.82) is 0 Å². The van der Waals surface area contributed by atoms with Gasteiger partial charge in [-0.1, -0.05) is 23.7 Å². The zero-order chi connectivity index (χ0) is 20.3. The van der Waals surface area contributed by atoms with E-state index >= 15 is 0 Å². The van der Waals surface area contributed by atoms with Crippen molar-refractivity contribution in [3.8, 4) is 0 Å². The second-order valence-electron chi connectivity index (χ2n) is 6.91. The Bertz CT molecular complexity index is 736. The molecule has 1 saturated heterocycles. The van der Waals surface area contributed by atoms with E-state index in [4.69, 9.17) is 26.1 Å². The van der Waals surface area contributed by atoms with Gasteiger partial charge in [0.15, 0.2) is 5.96 Å². The SMILES string of the molecule is CCNC(=NCC(c1ccc(Cl)cc1)n1cccn1)NCCCOC1CCOC1.I. The van der Waals surface area contributed by atoms with E-state index in [9.17, 15) is 0 Å². The van der Waals surface area contributed by atoms with Crippen LogP contribution in [0.25, 0.3) is 0 Å². The summed E-state index contributed by atoms with van der Waals surface area (Å²) in [6.45, 7) is 6.48. The molecule has 3 rings (SSSR count). The van der Waals surface area contributed by atoms with Gasteiger partial charge in [0, 0.05) is 43.7 Å². The molecule has 2 aromatic rings. The zero-order valence-electron chi connectivity index (χ0n) is 17.3. The standard InChI is InChI=1S/C21H30ClN5O2.HI/c1-2-23-21(24-10-4-13-29-19-9-14-28-16-19)25-15-20(27-12-3-11-26-27)17-5-7-18(22)8-6-17;/h3,5-8,11-12,19-20H,2,4,9-10,13-16H2,1H3,(H2,23,24,25);1H. The average Bonchev–Trinajstić information content (AvgIpc) is 3.43. The number of rotatable bonds is 10. The Morgan fingerprint density at radius 1 is 1.37 bits per heavy atom. The van der Waals surface area contributed by atoms with Gasteiger partial charge in [-0.15, -0.1) is 24.0 Å². The monoisotopic (exact) mass is 547 g/mol. The summed E-state index contributed by atoms with van der Waals surface area (Å²) in [5.41, 5.74) is 1.12. The van der Waals surface area contributed by atoms with E-state index in [-0.39, 0.29) is 36.1 Å². The van der Waals surface area contributed by atoms with Gasteiger partial charge in [0.2, 0.25) is 0 Å². The third-order valence-electron chi connectivity index (χ3n) is 4.72. The molecule has 7 nitrogen and oxygen atoms in total. The van der Waals surface area contributed by atoms with Crippen LogP contribution in [0.15, 0.2) is 47.7 Å². The van der Waals surface area contributed by atoms with Gasteiger partial charge in [-0.05, 0) is 43.5 Å². The Hall–Kier alpha value is -1.36. The van der Waals surface area contributed by atoms with Crippen molar-refractivity contribution < 1.29 is 9.47 Å². The van der Waals surface area contributed by atoms with Gasteiger partial charge < -0.3 is 20.1 Å². The first-order valence-corrected chi connectivity index (χ1v) is 10.6. The maximum absolute atomic E-state index is 6.05. The minimum atomic E-state index is 0. The highest BCUT2D eigenvalue weighted by molar-refractivity contribution is 14.0. The van der Waals surface area contributed by atoms with E-state index in [1.165, 1.54) is 0 Å². The molecule has 0 radical (unpaired) electrons. The second kappa shape index (κ2) is 13.8. The van der Waals surface area contributed by atoms with Crippen molar-refractivity contribution in [1.82, 2.24) is 20.4 Å². The predicted octanol–water partition coefficient (Wildman–Crippen LogP) is 3.49. The molecule has 0 bridgehead atoms. The van der Waals surface area contributed by atoms with Crippen LogP contribution in [-0.4, -0.2) is 61.3 Å². The van der Waals surface area contributed by atoms with Crippen molar-refractivity contribution in [2.24, 2.45) is 4.99 Å². The third kappa shape index (κ3) is 8.05. The molecule has 0 aliphatic carbocycles. The van der Waals surface area contributed by atoms with Crippen molar-refractivity contribution in [3.63, 3.8) is 0 Å². The molecule has 0 spiro atoms. The summed E-state index contributed by atoms with van der Waals surface area (Å²) in [4.78, 5) is 4.78. The second-order valence-corrected chi connectivity index (χ2v) is 7.35. The zero-order valence-corrected chi connectivity index (χ0v) is 20.4. The maximum atomic E-state index is 6.05. The lowest BCUT2D eigenvalue weighted by Gasteiger charge is -2.18. The molecule has 2 atom stereocenters. The smallest absolute Gasteiger partial charge is 0.191 e. The van der Waals surface area contributed by atoms with Crippen LogP contribution >= 0.6 is 35.6 Å².